The van der Waals surface area contributed by atoms with Crippen molar-refractivity contribution in [3.05, 3.63) is 50.5 Å². The Bertz CT molecular complexity index is 1030. The fourth-order valence-corrected chi connectivity index (χ4v) is 3.38. The van der Waals surface area contributed by atoms with Crippen LogP contribution < -0.4 is 15.2 Å². The van der Waals surface area contributed by atoms with E-state index in [1.165, 1.54) is 23.9 Å². The van der Waals surface area contributed by atoms with Gasteiger partial charge in [-0.05, 0) is 18.1 Å². The Kier molecular flexibility index (Phi) is 4.83. The quantitative estimate of drug-likeness (QED) is 0.587. The highest BCUT2D eigenvalue weighted by atomic mass is 16.6. The van der Waals surface area contributed by atoms with Crippen LogP contribution in [0.2, 0.25) is 0 Å². The van der Waals surface area contributed by atoms with E-state index in [4.69, 9.17) is 15.2 Å². The minimum Gasteiger partial charge on any atom is -0.500 e. The van der Waals surface area contributed by atoms with Crippen molar-refractivity contribution in [2.45, 2.75) is 25.7 Å². The Balaban J connectivity index is 2.33. The van der Waals surface area contributed by atoms with E-state index in [0.717, 1.165) is 6.42 Å². The van der Waals surface area contributed by atoms with Gasteiger partial charge in [0, 0.05) is 13.1 Å². The first-order chi connectivity index (χ1) is 13.3. The zero-order valence-corrected chi connectivity index (χ0v) is 15.6. The van der Waals surface area contributed by atoms with Crippen molar-refractivity contribution < 1.29 is 19.5 Å². The molecule has 1 aromatic heterocycles. The number of benzene rings is 1. The Labute approximate surface area is 160 Å². The van der Waals surface area contributed by atoms with Gasteiger partial charge in [0.05, 0.1) is 29.2 Å². The molecule has 0 spiro atoms. The lowest BCUT2D eigenvalue weighted by Gasteiger charge is -2.25. The van der Waals surface area contributed by atoms with E-state index in [1.54, 1.807) is 7.05 Å². The molecule has 1 atom stereocenters. The minimum absolute atomic E-state index is 0.0750. The molecule has 10 nitrogen and oxygen atoms in total. The molecule has 28 heavy (non-hydrogen) atoms. The van der Waals surface area contributed by atoms with Gasteiger partial charge < -0.3 is 20.3 Å². The third-order valence-electron chi connectivity index (χ3n) is 4.59. The predicted molar refractivity (Wildman–Crippen MR) is 97.8 cm³/mol. The number of ether oxygens (including phenoxy) is 2. The van der Waals surface area contributed by atoms with E-state index in [0.29, 0.717) is 29.1 Å². The van der Waals surface area contributed by atoms with Gasteiger partial charge in [-0.25, -0.2) is 4.68 Å². The number of aromatic hydroxyl groups is 1. The molecule has 3 N–H and O–H groups in total. The predicted octanol–water partition coefficient (Wildman–Crippen LogP) is 2.21. The van der Waals surface area contributed by atoms with Gasteiger partial charge in [0.25, 0.3) is 0 Å². The number of hydrogen-bond donors (Lipinski definition) is 2. The smallest absolute Gasteiger partial charge is 0.314 e. The summed E-state index contributed by atoms with van der Waals surface area (Å²) >= 11 is 0. The van der Waals surface area contributed by atoms with Crippen LogP contribution in [0.5, 0.6) is 17.4 Å². The Morgan fingerprint density at radius 2 is 2.25 bits per heavy atom. The van der Waals surface area contributed by atoms with E-state index in [9.17, 15) is 20.5 Å². The second kappa shape index (κ2) is 7.11. The van der Waals surface area contributed by atoms with Crippen LogP contribution >= 0.6 is 0 Å². The minimum atomic E-state index is -0.739. The fraction of sp³-hybridized carbons (Fsp3) is 0.333. The van der Waals surface area contributed by atoms with E-state index < -0.39 is 22.3 Å². The molecular weight excluding hydrogens is 366 g/mol. The molecule has 0 saturated heterocycles. The Morgan fingerprint density at radius 1 is 1.54 bits per heavy atom. The lowest BCUT2D eigenvalue weighted by Crippen LogP contribution is -2.22. The fourth-order valence-electron chi connectivity index (χ4n) is 3.38. The number of phenolic OH excluding ortho intramolecular Hbond substituents is 1. The van der Waals surface area contributed by atoms with Crippen LogP contribution in [0.3, 0.4) is 0 Å². The summed E-state index contributed by atoms with van der Waals surface area (Å²) in [6, 6.07) is 4.71. The molecule has 0 saturated carbocycles. The number of hydrogen-bond acceptors (Lipinski definition) is 8. The number of nitriles is 1. The van der Waals surface area contributed by atoms with Crippen LogP contribution in [-0.2, 0) is 13.5 Å². The molecule has 3 rings (SSSR count). The summed E-state index contributed by atoms with van der Waals surface area (Å²) < 4.78 is 12.2. The molecule has 1 aliphatic heterocycles. The number of phenols is 1. The van der Waals surface area contributed by atoms with Gasteiger partial charge in [-0.2, -0.15) is 10.4 Å². The zero-order valence-electron chi connectivity index (χ0n) is 15.6. The monoisotopic (exact) mass is 385 g/mol. The molecular formula is C18H19N5O5. The lowest BCUT2D eigenvalue weighted by atomic mass is 9.83. The molecule has 0 aliphatic carbocycles. The maximum absolute atomic E-state index is 11.4. The number of fused-ring (bicyclic) bond motifs is 1. The van der Waals surface area contributed by atoms with Gasteiger partial charge in [0.1, 0.15) is 11.6 Å². The number of nitrogens with zero attached hydrogens (tertiary/aromatic N) is 4. The molecule has 0 bridgehead atoms. The standard InChI is InChI=1S/C18H19N5O5/c1-4-5-11-15-14(10(8-19)17(20)28-18(15)22(2)21-11)9-6-12(23(25)26)16(24)13(7-9)27-3/h6-7,14,24H,4-5,20H2,1-3H3. The molecule has 0 amide bonds. The number of rotatable bonds is 5. The average Bonchev–Trinajstić information content (AvgIpc) is 2.96. The third kappa shape index (κ3) is 2.87. The van der Waals surface area contributed by atoms with Crippen LogP contribution in [0, 0.1) is 21.4 Å². The second-order valence-corrected chi connectivity index (χ2v) is 6.31. The zero-order chi connectivity index (χ0) is 20.6. The average molecular weight is 385 g/mol. The van der Waals surface area contributed by atoms with Crippen molar-refractivity contribution in [3.63, 3.8) is 0 Å². The molecule has 0 radical (unpaired) electrons. The van der Waals surface area contributed by atoms with E-state index >= 15 is 0 Å². The molecule has 1 aromatic carbocycles. The van der Waals surface area contributed by atoms with Crippen molar-refractivity contribution in [3.8, 4) is 23.4 Å². The molecule has 146 valence electrons. The number of methoxy groups -OCH3 is 1. The number of nitro benzene ring substituents is 1. The van der Waals surface area contributed by atoms with Gasteiger partial charge in [-0.15, -0.1) is 0 Å². The summed E-state index contributed by atoms with van der Waals surface area (Å²) in [5.74, 6) is -1.12. The first kappa shape index (κ1) is 19.0. The van der Waals surface area contributed by atoms with Gasteiger partial charge in [-0.1, -0.05) is 13.3 Å². The summed E-state index contributed by atoms with van der Waals surface area (Å²) in [5.41, 5.74) is 7.25. The maximum atomic E-state index is 11.4. The highest BCUT2D eigenvalue weighted by Crippen LogP contribution is 2.47. The lowest BCUT2D eigenvalue weighted by molar-refractivity contribution is -0.386. The molecule has 1 aliphatic rings. The number of nitrogens with two attached hydrogens (primary N) is 1. The molecule has 0 fully saturated rings. The van der Waals surface area contributed by atoms with Crippen molar-refractivity contribution in [2.24, 2.45) is 12.8 Å². The highest BCUT2D eigenvalue weighted by Gasteiger charge is 2.37. The summed E-state index contributed by atoms with van der Waals surface area (Å²) in [6.07, 6.45) is 1.43. The number of aromatic nitrogens is 2. The van der Waals surface area contributed by atoms with Crippen molar-refractivity contribution in [2.75, 3.05) is 7.11 Å². The second-order valence-electron chi connectivity index (χ2n) is 6.31. The topological polar surface area (TPSA) is 149 Å². The summed E-state index contributed by atoms with van der Waals surface area (Å²) in [6.45, 7) is 1.99. The number of nitro groups is 1. The first-order valence-corrected chi connectivity index (χ1v) is 8.52. The third-order valence-corrected chi connectivity index (χ3v) is 4.59. The van der Waals surface area contributed by atoms with Gasteiger partial charge in [-0.3, -0.25) is 10.1 Å². The van der Waals surface area contributed by atoms with Crippen molar-refractivity contribution in [1.82, 2.24) is 9.78 Å². The normalized spacial score (nSPS) is 15.6. The van der Waals surface area contributed by atoms with E-state index in [1.807, 2.05) is 13.0 Å². The van der Waals surface area contributed by atoms with Crippen LogP contribution in [0.1, 0.15) is 36.1 Å². The summed E-state index contributed by atoms with van der Waals surface area (Å²) in [5, 5.41) is 35.7. The first-order valence-electron chi connectivity index (χ1n) is 8.52. The van der Waals surface area contributed by atoms with Crippen molar-refractivity contribution in [1.29, 1.82) is 5.26 Å². The number of aryl methyl sites for hydroxylation is 2. The highest BCUT2D eigenvalue weighted by molar-refractivity contribution is 5.63. The van der Waals surface area contributed by atoms with Crippen LogP contribution in [0.4, 0.5) is 5.69 Å². The Hall–Kier alpha value is -3.74. The van der Waals surface area contributed by atoms with E-state index in [2.05, 4.69) is 5.10 Å². The summed E-state index contributed by atoms with van der Waals surface area (Å²) in [4.78, 5) is 10.7. The maximum Gasteiger partial charge on any atom is 0.314 e. The van der Waals surface area contributed by atoms with Gasteiger partial charge >= 0.3 is 5.69 Å². The largest absolute Gasteiger partial charge is 0.500 e. The van der Waals surface area contributed by atoms with E-state index in [-0.39, 0.29) is 17.2 Å². The molecule has 1 unspecified atom stereocenters. The van der Waals surface area contributed by atoms with Crippen LogP contribution in [0.15, 0.2) is 23.6 Å². The van der Waals surface area contributed by atoms with Gasteiger partial charge in [0.15, 0.2) is 5.75 Å². The SMILES string of the molecule is CCCc1nn(C)c2c1C(c1cc(OC)c(O)c([N+](=O)[O-])c1)C(C#N)=C(N)O2. The molecule has 2 heterocycles. The number of allylic oxidation sites excluding steroid dienone is 1. The van der Waals surface area contributed by atoms with Crippen LogP contribution in [0.25, 0.3) is 0 Å². The molecule has 10 heteroatoms. The summed E-state index contributed by atoms with van der Waals surface area (Å²) in [7, 11) is 2.99. The molecule has 2 aromatic rings. The Morgan fingerprint density at radius 3 is 2.82 bits per heavy atom. The van der Waals surface area contributed by atoms with Gasteiger partial charge in [0.2, 0.25) is 17.5 Å². The van der Waals surface area contributed by atoms with Crippen LogP contribution in [-0.4, -0.2) is 26.9 Å². The van der Waals surface area contributed by atoms with Crippen molar-refractivity contribution >= 4 is 5.69 Å².